The third-order valence-electron chi connectivity index (χ3n) is 2.35. The van der Waals surface area contributed by atoms with Gasteiger partial charge in [-0.3, -0.25) is 0 Å². The number of benzene rings is 1. The smallest absolute Gasteiger partial charge is 0.339 e. The lowest BCUT2D eigenvalue weighted by Gasteiger charge is -2.06. The summed E-state index contributed by atoms with van der Waals surface area (Å²) in [7, 11) is 0. The van der Waals surface area contributed by atoms with Crippen LogP contribution in [0, 0.1) is 5.82 Å². The van der Waals surface area contributed by atoms with Gasteiger partial charge >= 0.3 is 5.97 Å². The fourth-order valence-corrected chi connectivity index (χ4v) is 1.64. The summed E-state index contributed by atoms with van der Waals surface area (Å²) in [5.74, 6) is -1.36. The van der Waals surface area contributed by atoms with Crippen molar-refractivity contribution in [2.24, 2.45) is 0 Å². The van der Waals surface area contributed by atoms with Crippen LogP contribution in [0.5, 0.6) is 0 Å². The van der Waals surface area contributed by atoms with E-state index in [1.165, 1.54) is 30.5 Å². The van der Waals surface area contributed by atoms with Gasteiger partial charge in [0.25, 0.3) is 0 Å². The van der Waals surface area contributed by atoms with Crippen LogP contribution in [0.4, 0.5) is 10.1 Å². The highest BCUT2D eigenvalue weighted by Crippen LogP contribution is 2.20. The molecule has 6 heteroatoms. The van der Waals surface area contributed by atoms with Crippen molar-refractivity contribution in [3.8, 4) is 0 Å². The largest absolute Gasteiger partial charge is 0.478 e. The fourth-order valence-electron chi connectivity index (χ4n) is 1.48. The first-order chi connectivity index (χ1) is 8.58. The molecule has 1 aromatic carbocycles. The SMILES string of the molecule is O=C(O)c1ccoc1CNc1ccc(Cl)cc1F. The maximum absolute atomic E-state index is 13.4. The van der Waals surface area contributed by atoms with Crippen LogP contribution in [0.25, 0.3) is 0 Å². The predicted molar refractivity (Wildman–Crippen MR) is 64.4 cm³/mol. The lowest BCUT2D eigenvalue weighted by molar-refractivity contribution is 0.0694. The number of furan rings is 1. The van der Waals surface area contributed by atoms with E-state index in [0.29, 0.717) is 5.02 Å². The number of hydrogen-bond acceptors (Lipinski definition) is 3. The summed E-state index contributed by atoms with van der Waals surface area (Å²) in [5.41, 5.74) is 0.281. The zero-order valence-corrected chi connectivity index (χ0v) is 9.87. The zero-order chi connectivity index (χ0) is 13.1. The second-order valence-electron chi connectivity index (χ2n) is 3.54. The highest BCUT2D eigenvalue weighted by atomic mass is 35.5. The number of rotatable bonds is 4. The Labute approximate surface area is 107 Å². The van der Waals surface area contributed by atoms with Crippen molar-refractivity contribution in [3.05, 3.63) is 52.7 Å². The van der Waals surface area contributed by atoms with Gasteiger partial charge in [-0.15, -0.1) is 0 Å². The summed E-state index contributed by atoms with van der Waals surface area (Å²) < 4.78 is 18.5. The average molecular weight is 270 g/mol. The normalized spacial score (nSPS) is 10.3. The van der Waals surface area contributed by atoms with Crippen molar-refractivity contribution in [2.75, 3.05) is 5.32 Å². The van der Waals surface area contributed by atoms with Crippen molar-refractivity contribution in [3.63, 3.8) is 0 Å². The summed E-state index contributed by atoms with van der Waals surface area (Å²) in [5, 5.41) is 11.9. The molecule has 0 atom stereocenters. The maximum atomic E-state index is 13.4. The molecule has 0 unspecified atom stereocenters. The molecular formula is C12H9ClFNO3. The van der Waals surface area contributed by atoms with Crippen LogP contribution in [-0.2, 0) is 6.54 Å². The van der Waals surface area contributed by atoms with E-state index in [0.717, 1.165) is 0 Å². The quantitative estimate of drug-likeness (QED) is 0.893. The molecule has 1 heterocycles. The number of hydrogen-bond donors (Lipinski definition) is 2. The van der Waals surface area contributed by atoms with E-state index in [2.05, 4.69) is 5.32 Å². The molecule has 2 rings (SSSR count). The minimum atomic E-state index is -1.09. The summed E-state index contributed by atoms with van der Waals surface area (Å²) in [6.45, 7) is 0.0766. The predicted octanol–water partition coefficient (Wildman–Crippen LogP) is 3.38. The molecule has 0 fully saturated rings. The fraction of sp³-hybridized carbons (Fsp3) is 0.0833. The Balaban J connectivity index is 2.11. The highest BCUT2D eigenvalue weighted by molar-refractivity contribution is 6.30. The van der Waals surface area contributed by atoms with Crippen molar-refractivity contribution in [1.29, 1.82) is 0 Å². The number of nitrogens with one attached hydrogen (secondary N) is 1. The lowest BCUT2D eigenvalue weighted by Crippen LogP contribution is -2.05. The topological polar surface area (TPSA) is 62.5 Å². The summed E-state index contributed by atoms with van der Waals surface area (Å²) in [6, 6.07) is 5.52. The van der Waals surface area contributed by atoms with Gasteiger partial charge in [0.1, 0.15) is 17.1 Å². The van der Waals surface area contributed by atoms with Crippen LogP contribution in [0.15, 0.2) is 34.9 Å². The Hall–Kier alpha value is -2.01. The van der Waals surface area contributed by atoms with Gasteiger partial charge in [-0.05, 0) is 24.3 Å². The standard InChI is InChI=1S/C12H9ClFNO3/c13-7-1-2-10(9(14)5-7)15-6-11-8(12(16)17)3-4-18-11/h1-5,15H,6H2,(H,16,17). The van der Waals surface area contributed by atoms with Gasteiger partial charge in [-0.25, -0.2) is 9.18 Å². The van der Waals surface area contributed by atoms with E-state index >= 15 is 0 Å². The van der Waals surface area contributed by atoms with Gasteiger partial charge in [-0.1, -0.05) is 11.6 Å². The van der Waals surface area contributed by atoms with Crippen molar-refractivity contribution < 1.29 is 18.7 Å². The number of carboxylic acid groups (broad SMARTS) is 1. The van der Waals surface area contributed by atoms with Crippen LogP contribution in [0.2, 0.25) is 5.02 Å². The van der Waals surface area contributed by atoms with E-state index in [-0.39, 0.29) is 23.6 Å². The highest BCUT2D eigenvalue weighted by Gasteiger charge is 2.13. The molecule has 0 aliphatic rings. The molecule has 0 saturated heterocycles. The Morgan fingerprint density at radius 1 is 1.44 bits per heavy atom. The van der Waals surface area contributed by atoms with E-state index in [4.69, 9.17) is 21.1 Å². The molecule has 1 aromatic heterocycles. The van der Waals surface area contributed by atoms with Crippen molar-refractivity contribution >= 4 is 23.3 Å². The van der Waals surface area contributed by atoms with Gasteiger partial charge in [-0.2, -0.15) is 0 Å². The molecule has 2 aromatic rings. The minimum Gasteiger partial charge on any atom is -0.478 e. The molecule has 0 bridgehead atoms. The van der Waals surface area contributed by atoms with Gasteiger partial charge in [0.2, 0.25) is 0 Å². The number of halogens is 2. The van der Waals surface area contributed by atoms with E-state index in [1.807, 2.05) is 0 Å². The van der Waals surface area contributed by atoms with Crippen LogP contribution in [0.3, 0.4) is 0 Å². The zero-order valence-electron chi connectivity index (χ0n) is 9.11. The average Bonchev–Trinajstić information content (AvgIpc) is 2.76. The Morgan fingerprint density at radius 2 is 2.22 bits per heavy atom. The summed E-state index contributed by atoms with van der Waals surface area (Å²) in [6.07, 6.45) is 1.28. The molecular weight excluding hydrogens is 261 g/mol. The molecule has 0 aliphatic heterocycles. The number of carboxylic acids is 1. The van der Waals surface area contributed by atoms with Crippen LogP contribution < -0.4 is 5.32 Å². The molecule has 94 valence electrons. The van der Waals surface area contributed by atoms with Gasteiger partial charge in [0, 0.05) is 5.02 Å². The third kappa shape index (κ3) is 2.62. The van der Waals surface area contributed by atoms with E-state index in [1.54, 1.807) is 0 Å². The van der Waals surface area contributed by atoms with E-state index in [9.17, 15) is 9.18 Å². The maximum Gasteiger partial charge on any atom is 0.339 e. The molecule has 0 aliphatic carbocycles. The van der Waals surface area contributed by atoms with Gasteiger partial charge in [0.15, 0.2) is 0 Å². The third-order valence-corrected chi connectivity index (χ3v) is 2.58. The molecule has 18 heavy (non-hydrogen) atoms. The summed E-state index contributed by atoms with van der Waals surface area (Å²) >= 11 is 5.62. The second-order valence-corrected chi connectivity index (χ2v) is 3.98. The van der Waals surface area contributed by atoms with Crippen molar-refractivity contribution in [2.45, 2.75) is 6.54 Å². The molecule has 4 nitrogen and oxygen atoms in total. The van der Waals surface area contributed by atoms with Crippen LogP contribution in [0.1, 0.15) is 16.1 Å². The second kappa shape index (κ2) is 5.10. The molecule has 0 radical (unpaired) electrons. The number of anilines is 1. The van der Waals surface area contributed by atoms with Crippen LogP contribution >= 0.6 is 11.6 Å². The summed E-state index contributed by atoms with van der Waals surface area (Å²) in [4.78, 5) is 10.8. The number of aromatic carboxylic acids is 1. The Bertz CT molecular complexity index is 582. The van der Waals surface area contributed by atoms with Crippen LogP contribution in [-0.4, -0.2) is 11.1 Å². The van der Waals surface area contributed by atoms with E-state index < -0.39 is 11.8 Å². The Kier molecular flexibility index (Phi) is 3.53. The van der Waals surface area contributed by atoms with Crippen molar-refractivity contribution in [1.82, 2.24) is 0 Å². The number of carbonyl (C=O) groups is 1. The Morgan fingerprint density at radius 3 is 2.89 bits per heavy atom. The molecule has 0 spiro atoms. The first-order valence-electron chi connectivity index (χ1n) is 5.06. The molecule has 2 N–H and O–H groups in total. The first kappa shape index (κ1) is 12.4. The van der Waals surface area contributed by atoms with Gasteiger partial charge < -0.3 is 14.8 Å². The minimum absolute atomic E-state index is 0.0527. The molecule has 0 saturated carbocycles. The molecule has 0 amide bonds. The monoisotopic (exact) mass is 269 g/mol. The lowest BCUT2D eigenvalue weighted by atomic mass is 10.2. The first-order valence-corrected chi connectivity index (χ1v) is 5.44. The van der Waals surface area contributed by atoms with Gasteiger partial charge in [0.05, 0.1) is 18.5 Å².